The molecule has 0 atom stereocenters. The first-order valence-electron chi connectivity index (χ1n) is 5.99. The minimum Gasteiger partial charge on any atom is -0.369 e. The van der Waals surface area contributed by atoms with Crippen molar-refractivity contribution in [2.45, 2.75) is 6.92 Å². The molecule has 1 aromatic heterocycles. The van der Waals surface area contributed by atoms with E-state index in [1.165, 1.54) is 6.07 Å². The van der Waals surface area contributed by atoms with E-state index in [4.69, 9.17) is 0 Å². The van der Waals surface area contributed by atoms with Crippen molar-refractivity contribution in [1.82, 2.24) is 20.2 Å². The lowest BCUT2D eigenvalue weighted by atomic mass is 10.3. The second-order valence-corrected chi connectivity index (χ2v) is 4.23. The van der Waals surface area contributed by atoms with Gasteiger partial charge >= 0.3 is 0 Å². The van der Waals surface area contributed by atoms with Gasteiger partial charge in [-0.2, -0.15) is 0 Å². The molecule has 94 valence electrons. The van der Waals surface area contributed by atoms with Crippen molar-refractivity contribution in [2.75, 3.05) is 44.6 Å². The topological polar surface area (TPSA) is 73.1 Å². The highest BCUT2D eigenvalue weighted by Crippen LogP contribution is 1.98. The van der Waals surface area contributed by atoms with Crippen molar-refractivity contribution < 1.29 is 0 Å². The van der Waals surface area contributed by atoms with Crippen molar-refractivity contribution in [2.24, 2.45) is 0 Å². The van der Waals surface area contributed by atoms with Crippen LogP contribution in [0.15, 0.2) is 10.9 Å². The highest BCUT2D eigenvalue weighted by atomic mass is 16.1. The largest absolute Gasteiger partial charge is 0.369 e. The summed E-state index contributed by atoms with van der Waals surface area (Å²) in [5.41, 5.74) is -0.109. The summed E-state index contributed by atoms with van der Waals surface area (Å²) < 4.78 is 0. The third-order valence-corrected chi connectivity index (χ3v) is 2.80. The summed E-state index contributed by atoms with van der Waals surface area (Å²) in [4.78, 5) is 20.5. The monoisotopic (exact) mass is 237 g/mol. The number of nitrogens with one attached hydrogen (secondary N) is 3. The number of aromatic nitrogens is 2. The smallest absolute Gasteiger partial charge is 0.252 e. The zero-order chi connectivity index (χ0) is 12.1. The summed E-state index contributed by atoms with van der Waals surface area (Å²) in [6, 6.07) is 1.49. The maximum Gasteiger partial charge on any atom is 0.252 e. The van der Waals surface area contributed by atoms with Gasteiger partial charge in [0.1, 0.15) is 11.6 Å². The van der Waals surface area contributed by atoms with Crippen LogP contribution >= 0.6 is 0 Å². The Morgan fingerprint density at radius 3 is 2.94 bits per heavy atom. The average molecular weight is 237 g/mol. The Balaban J connectivity index is 1.79. The molecule has 6 nitrogen and oxygen atoms in total. The number of aryl methyl sites for hydroxylation is 1. The highest BCUT2D eigenvalue weighted by molar-refractivity contribution is 5.32. The van der Waals surface area contributed by atoms with Crippen LogP contribution in [0.5, 0.6) is 0 Å². The molecular formula is C11H19N5O. The van der Waals surface area contributed by atoms with Crippen LogP contribution in [0.25, 0.3) is 0 Å². The van der Waals surface area contributed by atoms with Crippen molar-refractivity contribution >= 4 is 5.82 Å². The molecule has 1 aliphatic heterocycles. The first-order valence-corrected chi connectivity index (χ1v) is 5.99. The van der Waals surface area contributed by atoms with Crippen LogP contribution in [0.4, 0.5) is 5.82 Å². The minimum atomic E-state index is -0.109. The predicted octanol–water partition coefficient (Wildman–Crippen LogP) is -0.605. The third kappa shape index (κ3) is 3.83. The molecule has 1 fully saturated rings. The number of piperazine rings is 1. The Morgan fingerprint density at radius 1 is 1.47 bits per heavy atom. The van der Waals surface area contributed by atoms with E-state index >= 15 is 0 Å². The van der Waals surface area contributed by atoms with Crippen LogP contribution in [0.2, 0.25) is 0 Å². The zero-order valence-corrected chi connectivity index (χ0v) is 10.1. The van der Waals surface area contributed by atoms with Gasteiger partial charge < -0.3 is 15.6 Å². The number of nitrogens with zero attached hydrogens (tertiary/aromatic N) is 2. The number of hydrogen-bond acceptors (Lipinski definition) is 5. The highest BCUT2D eigenvalue weighted by Gasteiger charge is 2.08. The molecule has 0 unspecified atom stereocenters. The van der Waals surface area contributed by atoms with Gasteiger partial charge in [-0.15, -0.1) is 0 Å². The van der Waals surface area contributed by atoms with E-state index < -0.39 is 0 Å². The van der Waals surface area contributed by atoms with Crippen LogP contribution < -0.4 is 16.2 Å². The third-order valence-electron chi connectivity index (χ3n) is 2.80. The predicted molar refractivity (Wildman–Crippen MR) is 67.4 cm³/mol. The van der Waals surface area contributed by atoms with Crippen molar-refractivity contribution in [3.05, 3.63) is 22.2 Å². The van der Waals surface area contributed by atoms with Gasteiger partial charge in [0.2, 0.25) is 0 Å². The van der Waals surface area contributed by atoms with Gasteiger partial charge in [0.25, 0.3) is 5.56 Å². The minimum absolute atomic E-state index is 0.109. The molecule has 0 aromatic carbocycles. The summed E-state index contributed by atoms with van der Waals surface area (Å²) in [6.45, 7) is 7.87. The maximum absolute atomic E-state index is 11.2. The van der Waals surface area contributed by atoms with Gasteiger partial charge in [-0.25, -0.2) is 4.98 Å². The van der Waals surface area contributed by atoms with Crippen LogP contribution in [-0.2, 0) is 0 Å². The quantitative estimate of drug-likeness (QED) is 0.652. The number of aromatic amines is 1. The number of H-pyrrole nitrogens is 1. The average Bonchev–Trinajstić information content (AvgIpc) is 2.29. The molecule has 6 heteroatoms. The molecule has 1 aliphatic rings. The molecule has 2 heterocycles. The fourth-order valence-corrected chi connectivity index (χ4v) is 1.95. The molecule has 1 saturated heterocycles. The van der Waals surface area contributed by atoms with Crippen LogP contribution in [0.1, 0.15) is 5.82 Å². The van der Waals surface area contributed by atoms with Crippen molar-refractivity contribution in [3.63, 3.8) is 0 Å². The number of rotatable bonds is 4. The molecule has 0 bridgehead atoms. The molecule has 3 N–H and O–H groups in total. The molecule has 0 saturated carbocycles. The normalized spacial score (nSPS) is 17.0. The Morgan fingerprint density at radius 2 is 2.24 bits per heavy atom. The lowest BCUT2D eigenvalue weighted by molar-refractivity contribution is 0.249. The van der Waals surface area contributed by atoms with E-state index in [2.05, 4.69) is 25.5 Å². The second-order valence-electron chi connectivity index (χ2n) is 4.23. The lowest BCUT2D eigenvalue weighted by Crippen LogP contribution is -2.45. The van der Waals surface area contributed by atoms with E-state index in [0.717, 1.165) is 39.3 Å². The zero-order valence-electron chi connectivity index (χ0n) is 10.1. The van der Waals surface area contributed by atoms with Crippen LogP contribution in [0.3, 0.4) is 0 Å². The Bertz CT molecular complexity index is 411. The molecule has 0 aliphatic carbocycles. The Labute approximate surface area is 100 Å². The SMILES string of the molecule is Cc1nc(NCCN2CCNCC2)cc(=O)[nH]1. The molecule has 0 spiro atoms. The number of hydrogen-bond donors (Lipinski definition) is 3. The molecule has 0 radical (unpaired) electrons. The van der Waals surface area contributed by atoms with Crippen LogP contribution in [0, 0.1) is 6.92 Å². The van der Waals surface area contributed by atoms with Gasteiger partial charge in [-0.1, -0.05) is 0 Å². The molecule has 17 heavy (non-hydrogen) atoms. The molecular weight excluding hydrogens is 218 g/mol. The van der Waals surface area contributed by atoms with Crippen molar-refractivity contribution in [3.8, 4) is 0 Å². The van der Waals surface area contributed by atoms with Crippen molar-refractivity contribution in [1.29, 1.82) is 0 Å². The summed E-state index contributed by atoms with van der Waals surface area (Å²) in [5.74, 6) is 1.29. The first-order chi connectivity index (χ1) is 8.24. The fraction of sp³-hybridized carbons (Fsp3) is 0.636. The first kappa shape index (κ1) is 12.1. The van der Waals surface area contributed by atoms with Gasteiger partial charge in [-0.3, -0.25) is 9.69 Å². The second kappa shape index (κ2) is 5.79. The maximum atomic E-state index is 11.2. The van der Waals surface area contributed by atoms with Gasteiger partial charge in [0.15, 0.2) is 0 Å². The Hall–Kier alpha value is -1.40. The number of anilines is 1. The van der Waals surface area contributed by atoms with E-state index in [1.54, 1.807) is 6.92 Å². The van der Waals surface area contributed by atoms with Gasteiger partial charge in [-0.05, 0) is 6.92 Å². The summed E-state index contributed by atoms with van der Waals surface area (Å²) >= 11 is 0. The molecule has 2 rings (SSSR count). The van der Waals surface area contributed by atoms with E-state index in [-0.39, 0.29) is 5.56 Å². The summed E-state index contributed by atoms with van der Waals surface area (Å²) in [6.07, 6.45) is 0. The van der Waals surface area contributed by atoms with E-state index in [9.17, 15) is 4.79 Å². The van der Waals surface area contributed by atoms with Gasteiger partial charge in [0.05, 0.1) is 0 Å². The molecule has 1 aromatic rings. The Kier molecular flexibility index (Phi) is 4.11. The summed E-state index contributed by atoms with van der Waals surface area (Å²) in [5, 5.41) is 6.50. The van der Waals surface area contributed by atoms with Crippen LogP contribution in [-0.4, -0.2) is 54.1 Å². The lowest BCUT2D eigenvalue weighted by Gasteiger charge is -2.27. The molecule has 0 amide bonds. The van der Waals surface area contributed by atoms with Gasteiger partial charge in [0, 0.05) is 45.3 Å². The summed E-state index contributed by atoms with van der Waals surface area (Å²) in [7, 11) is 0. The van der Waals surface area contributed by atoms with E-state index in [1.807, 2.05) is 0 Å². The van der Waals surface area contributed by atoms with E-state index in [0.29, 0.717) is 11.6 Å². The fourth-order valence-electron chi connectivity index (χ4n) is 1.95. The standard InChI is InChI=1S/C11H19N5O/c1-9-14-10(8-11(17)15-9)13-4-7-16-5-2-12-3-6-16/h8,12H,2-7H2,1H3,(H2,13,14,15,17).